The molecule has 2 heterocycles. The minimum Gasteiger partial charge on any atom is -0.374 e. The van der Waals surface area contributed by atoms with Crippen molar-refractivity contribution in [3.63, 3.8) is 0 Å². The van der Waals surface area contributed by atoms with Crippen molar-refractivity contribution in [3.8, 4) is 0 Å². The summed E-state index contributed by atoms with van der Waals surface area (Å²) in [6, 6.07) is 13.7. The zero-order valence-corrected chi connectivity index (χ0v) is 16.7. The molecule has 1 aliphatic heterocycles. The molecule has 7 heteroatoms. The molecule has 0 aliphatic carbocycles. The van der Waals surface area contributed by atoms with Crippen LogP contribution in [0.15, 0.2) is 42.5 Å². The Morgan fingerprint density at radius 2 is 1.97 bits per heavy atom. The van der Waals surface area contributed by atoms with Crippen LogP contribution >= 0.6 is 0 Å². The van der Waals surface area contributed by atoms with Crippen molar-refractivity contribution in [3.05, 3.63) is 53.9 Å². The van der Waals surface area contributed by atoms with E-state index in [1.54, 1.807) is 7.05 Å². The van der Waals surface area contributed by atoms with Crippen molar-refractivity contribution < 1.29 is 9.59 Å². The third-order valence-electron chi connectivity index (χ3n) is 5.35. The number of carbonyl (C=O) groups is 2. The van der Waals surface area contributed by atoms with Crippen molar-refractivity contribution in [2.24, 2.45) is 0 Å². The number of likely N-dealkylation sites (N-methyl/N-ethyl adjacent to an activating group) is 1. The molecule has 4 rings (SSSR count). The van der Waals surface area contributed by atoms with Gasteiger partial charge in [0.2, 0.25) is 11.8 Å². The Kier molecular flexibility index (Phi) is 5.20. The lowest BCUT2D eigenvalue weighted by atomic mass is 10.0. The first kappa shape index (κ1) is 19.0. The molecule has 0 spiro atoms. The standard InChI is InChI=1S/C22H25N5O2/c1-23-21(28)13-20-25-17-7-3-4-8-18(17)27(20)14-22(29)24-16-10-9-15-6-5-11-26(2)19(15)12-16/h3-4,7-10,12H,5-6,11,13-14H2,1-2H3,(H,23,28)(H,24,29). The van der Waals surface area contributed by atoms with Gasteiger partial charge in [-0.1, -0.05) is 18.2 Å². The van der Waals surface area contributed by atoms with E-state index in [0.29, 0.717) is 5.82 Å². The summed E-state index contributed by atoms with van der Waals surface area (Å²) in [6.07, 6.45) is 2.34. The summed E-state index contributed by atoms with van der Waals surface area (Å²) < 4.78 is 1.81. The molecule has 150 valence electrons. The maximum atomic E-state index is 12.8. The SMILES string of the molecule is CNC(=O)Cc1nc2ccccc2n1CC(=O)Nc1ccc2c(c1)N(C)CCC2. The van der Waals surface area contributed by atoms with Gasteiger partial charge in [0.1, 0.15) is 12.4 Å². The fourth-order valence-corrected chi connectivity index (χ4v) is 3.85. The lowest BCUT2D eigenvalue weighted by molar-refractivity contribution is -0.120. The van der Waals surface area contributed by atoms with E-state index >= 15 is 0 Å². The van der Waals surface area contributed by atoms with Gasteiger partial charge in [-0.15, -0.1) is 0 Å². The number of nitrogens with zero attached hydrogens (tertiary/aromatic N) is 3. The van der Waals surface area contributed by atoms with E-state index in [4.69, 9.17) is 0 Å². The molecule has 0 radical (unpaired) electrons. The first-order valence-corrected chi connectivity index (χ1v) is 9.84. The van der Waals surface area contributed by atoms with E-state index < -0.39 is 0 Å². The van der Waals surface area contributed by atoms with Gasteiger partial charge < -0.3 is 20.1 Å². The second kappa shape index (κ2) is 7.95. The smallest absolute Gasteiger partial charge is 0.244 e. The average Bonchev–Trinajstić information content (AvgIpc) is 3.05. The molecule has 2 amide bonds. The Morgan fingerprint density at radius 3 is 2.79 bits per heavy atom. The number of aryl methyl sites for hydroxylation is 1. The Labute approximate surface area is 169 Å². The zero-order valence-electron chi connectivity index (χ0n) is 16.7. The number of amides is 2. The molecule has 0 unspecified atom stereocenters. The summed E-state index contributed by atoms with van der Waals surface area (Å²) in [4.78, 5) is 31.5. The summed E-state index contributed by atoms with van der Waals surface area (Å²) in [5.41, 5.74) is 4.87. The lowest BCUT2D eigenvalue weighted by Gasteiger charge is -2.28. The minimum absolute atomic E-state index is 0.0970. The quantitative estimate of drug-likeness (QED) is 0.700. The zero-order chi connectivity index (χ0) is 20.4. The van der Waals surface area contributed by atoms with E-state index in [2.05, 4.69) is 33.6 Å². The topological polar surface area (TPSA) is 79.3 Å². The van der Waals surface area contributed by atoms with E-state index in [1.807, 2.05) is 41.0 Å². The lowest BCUT2D eigenvalue weighted by Crippen LogP contribution is -2.26. The number of hydrogen-bond acceptors (Lipinski definition) is 4. The molecule has 0 bridgehead atoms. The molecule has 7 nitrogen and oxygen atoms in total. The number of hydrogen-bond donors (Lipinski definition) is 2. The maximum Gasteiger partial charge on any atom is 0.244 e. The number of imidazole rings is 1. The number of aromatic nitrogens is 2. The molecular formula is C22H25N5O2. The van der Waals surface area contributed by atoms with Crippen LogP contribution in [0.4, 0.5) is 11.4 Å². The molecule has 0 atom stereocenters. The van der Waals surface area contributed by atoms with Crippen LogP contribution in [0.5, 0.6) is 0 Å². The van der Waals surface area contributed by atoms with Crippen LogP contribution in [-0.4, -0.2) is 42.0 Å². The van der Waals surface area contributed by atoms with Crippen molar-refractivity contribution >= 4 is 34.2 Å². The largest absolute Gasteiger partial charge is 0.374 e. The highest BCUT2D eigenvalue weighted by atomic mass is 16.2. The highest BCUT2D eigenvalue weighted by Gasteiger charge is 2.17. The Balaban J connectivity index is 1.57. The van der Waals surface area contributed by atoms with Crippen LogP contribution in [-0.2, 0) is 29.0 Å². The van der Waals surface area contributed by atoms with Gasteiger partial charge in [0.15, 0.2) is 0 Å². The highest BCUT2D eigenvalue weighted by Crippen LogP contribution is 2.29. The molecule has 2 aromatic carbocycles. The Morgan fingerprint density at radius 1 is 1.14 bits per heavy atom. The van der Waals surface area contributed by atoms with Crippen LogP contribution in [0.1, 0.15) is 17.8 Å². The summed E-state index contributed by atoms with van der Waals surface area (Å²) in [5.74, 6) is 0.287. The summed E-state index contributed by atoms with van der Waals surface area (Å²) in [5, 5.41) is 5.61. The van der Waals surface area contributed by atoms with E-state index in [1.165, 1.54) is 11.3 Å². The summed E-state index contributed by atoms with van der Waals surface area (Å²) >= 11 is 0. The van der Waals surface area contributed by atoms with Crippen LogP contribution in [0.2, 0.25) is 0 Å². The average molecular weight is 391 g/mol. The number of carbonyl (C=O) groups excluding carboxylic acids is 2. The molecular weight excluding hydrogens is 366 g/mol. The number of fused-ring (bicyclic) bond motifs is 2. The number of para-hydroxylation sites is 2. The van der Waals surface area contributed by atoms with Gasteiger partial charge in [-0.05, 0) is 42.7 Å². The van der Waals surface area contributed by atoms with Crippen molar-refractivity contribution in [2.75, 3.05) is 30.9 Å². The van der Waals surface area contributed by atoms with Gasteiger partial charge in [-0.2, -0.15) is 0 Å². The van der Waals surface area contributed by atoms with Crippen molar-refractivity contribution in [1.29, 1.82) is 0 Å². The molecule has 0 saturated carbocycles. The molecule has 1 aromatic heterocycles. The van der Waals surface area contributed by atoms with Crippen molar-refractivity contribution in [2.45, 2.75) is 25.8 Å². The fourth-order valence-electron chi connectivity index (χ4n) is 3.85. The van der Waals surface area contributed by atoms with Gasteiger partial charge in [-0.3, -0.25) is 9.59 Å². The second-order valence-electron chi connectivity index (χ2n) is 7.37. The first-order valence-electron chi connectivity index (χ1n) is 9.84. The number of rotatable bonds is 5. The molecule has 3 aromatic rings. The Bertz CT molecular complexity index is 1070. The number of nitrogens with one attached hydrogen (secondary N) is 2. The van der Waals surface area contributed by atoms with E-state index in [-0.39, 0.29) is 24.8 Å². The highest BCUT2D eigenvalue weighted by molar-refractivity contribution is 5.92. The van der Waals surface area contributed by atoms with Gasteiger partial charge in [0.05, 0.1) is 17.5 Å². The third kappa shape index (κ3) is 3.94. The van der Waals surface area contributed by atoms with E-state index in [9.17, 15) is 9.59 Å². The van der Waals surface area contributed by atoms with Gasteiger partial charge >= 0.3 is 0 Å². The summed E-state index contributed by atoms with van der Waals surface area (Å²) in [7, 11) is 3.67. The molecule has 1 aliphatic rings. The van der Waals surface area contributed by atoms with Crippen LogP contribution < -0.4 is 15.5 Å². The number of anilines is 2. The normalized spacial score (nSPS) is 13.2. The third-order valence-corrected chi connectivity index (χ3v) is 5.35. The number of benzene rings is 2. The molecule has 0 saturated heterocycles. The monoisotopic (exact) mass is 391 g/mol. The Hall–Kier alpha value is -3.35. The maximum absolute atomic E-state index is 12.8. The molecule has 0 fully saturated rings. The molecule has 2 N–H and O–H groups in total. The predicted molar refractivity (Wildman–Crippen MR) is 114 cm³/mol. The first-order chi connectivity index (χ1) is 14.0. The van der Waals surface area contributed by atoms with Crippen LogP contribution in [0.25, 0.3) is 11.0 Å². The van der Waals surface area contributed by atoms with Crippen LogP contribution in [0.3, 0.4) is 0 Å². The van der Waals surface area contributed by atoms with Gasteiger partial charge in [0, 0.05) is 32.0 Å². The van der Waals surface area contributed by atoms with Gasteiger partial charge in [0.25, 0.3) is 0 Å². The van der Waals surface area contributed by atoms with Crippen molar-refractivity contribution in [1.82, 2.24) is 14.9 Å². The molecule has 29 heavy (non-hydrogen) atoms. The van der Waals surface area contributed by atoms with E-state index in [0.717, 1.165) is 36.1 Å². The predicted octanol–water partition coefficient (Wildman–Crippen LogP) is 2.35. The summed E-state index contributed by atoms with van der Waals surface area (Å²) in [6.45, 7) is 1.12. The second-order valence-corrected chi connectivity index (χ2v) is 7.37. The van der Waals surface area contributed by atoms with Crippen LogP contribution in [0, 0.1) is 0 Å². The minimum atomic E-state index is -0.148. The fraction of sp³-hybridized carbons (Fsp3) is 0.318. The van der Waals surface area contributed by atoms with Gasteiger partial charge in [-0.25, -0.2) is 4.98 Å².